The molecular formula is C6H11FNO2. The maximum atomic E-state index is 12.5. The minimum absolute atomic E-state index is 0.0168. The Labute approximate surface area is 59.0 Å². The van der Waals surface area contributed by atoms with Gasteiger partial charge in [0.05, 0.1) is 13.2 Å². The molecule has 3 nitrogen and oxygen atoms in total. The first-order valence-corrected chi connectivity index (χ1v) is 3.22. The standard InChI is InChI=1S/C6H11FNO2/c7-5-3-10-4(2-9)1-6(5)8/h5-6,9H,1-3,8H2. The van der Waals surface area contributed by atoms with Crippen LogP contribution in [-0.2, 0) is 4.74 Å². The summed E-state index contributed by atoms with van der Waals surface area (Å²) in [7, 11) is 0. The van der Waals surface area contributed by atoms with Crippen molar-refractivity contribution in [2.75, 3.05) is 13.2 Å². The third-order valence-electron chi connectivity index (χ3n) is 1.55. The van der Waals surface area contributed by atoms with Crippen LogP contribution in [0, 0.1) is 6.10 Å². The third-order valence-corrected chi connectivity index (χ3v) is 1.55. The summed E-state index contributed by atoms with van der Waals surface area (Å²) in [6.07, 6.45) is -0.269. The average molecular weight is 148 g/mol. The second-order valence-electron chi connectivity index (χ2n) is 2.39. The number of halogens is 1. The summed E-state index contributed by atoms with van der Waals surface area (Å²) < 4.78 is 17.4. The molecular weight excluding hydrogens is 137 g/mol. The molecule has 0 spiro atoms. The third kappa shape index (κ3) is 1.65. The van der Waals surface area contributed by atoms with Crippen molar-refractivity contribution in [1.82, 2.24) is 0 Å². The molecule has 0 aromatic heterocycles. The van der Waals surface area contributed by atoms with Gasteiger partial charge in [-0.05, 0) is 6.42 Å². The van der Waals surface area contributed by atoms with Gasteiger partial charge >= 0.3 is 0 Å². The lowest BCUT2D eigenvalue weighted by atomic mass is 10.0. The van der Waals surface area contributed by atoms with Crippen LogP contribution in [0.25, 0.3) is 0 Å². The van der Waals surface area contributed by atoms with E-state index in [2.05, 4.69) is 0 Å². The molecule has 1 saturated heterocycles. The van der Waals surface area contributed by atoms with E-state index in [-0.39, 0.29) is 13.2 Å². The number of alkyl halides is 1. The van der Waals surface area contributed by atoms with Crippen molar-refractivity contribution < 1.29 is 14.2 Å². The summed E-state index contributed by atoms with van der Waals surface area (Å²) >= 11 is 0. The summed E-state index contributed by atoms with van der Waals surface area (Å²) in [4.78, 5) is 0. The predicted octanol–water partition coefficient (Wildman–Crippen LogP) is -0.404. The second-order valence-corrected chi connectivity index (χ2v) is 2.39. The first kappa shape index (κ1) is 7.91. The van der Waals surface area contributed by atoms with Crippen LogP contribution >= 0.6 is 0 Å². The lowest BCUT2D eigenvalue weighted by Crippen LogP contribution is -2.42. The van der Waals surface area contributed by atoms with Crippen molar-refractivity contribution in [3.05, 3.63) is 6.10 Å². The molecule has 0 saturated carbocycles. The number of ether oxygens (including phenoxy) is 1. The van der Waals surface area contributed by atoms with Gasteiger partial charge in [0.25, 0.3) is 0 Å². The minimum atomic E-state index is -1.09. The van der Waals surface area contributed by atoms with E-state index in [4.69, 9.17) is 15.6 Å². The van der Waals surface area contributed by atoms with Crippen molar-refractivity contribution >= 4 is 0 Å². The molecule has 1 rings (SSSR count). The lowest BCUT2D eigenvalue weighted by molar-refractivity contribution is 0.00572. The molecule has 0 aromatic rings. The molecule has 0 bridgehead atoms. The number of hydrogen-bond acceptors (Lipinski definition) is 3. The Morgan fingerprint density at radius 2 is 2.50 bits per heavy atom. The predicted molar refractivity (Wildman–Crippen MR) is 33.8 cm³/mol. The van der Waals surface area contributed by atoms with Crippen molar-refractivity contribution in [2.45, 2.75) is 18.6 Å². The van der Waals surface area contributed by atoms with Crippen LogP contribution in [-0.4, -0.2) is 30.5 Å². The Bertz CT molecular complexity index is 112. The molecule has 0 amide bonds. The summed E-state index contributed by atoms with van der Waals surface area (Å²) in [6, 6.07) is -0.504. The Morgan fingerprint density at radius 1 is 1.80 bits per heavy atom. The van der Waals surface area contributed by atoms with E-state index in [1.54, 1.807) is 0 Å². The molecule has 2 unspecified atom stereocenters. The summed E-state index contributed by atoms with van der Waals surface area (Å²) in [6.45, 7) is -0.169. The zero-order valence-corrected chi connectivity index (χ0v) is 5.59. The van der Waals surface area contributed by atoms with Crippen LogP contribution in [0.4, 0.5) is 4.39 Å². The number of aliphatic hydroxyl groups is 1. The van der Waals surface area contributed by atoms with Crippen molar-refractivity contribution in [3.8, 4) is 0 Å². The molecule has 1 radical (unpaired) electrons. The quantitative estimate of drug-likeness (QED) is 0.531. The topological polar surface area (TPSA) is 55.5 Å². The smallest absolute Gasteiger partial charge is 0.138 e. The monoisotopic (exact) mass is 148 g/mol. The van der Waals surface area contributed by atoms with Crippen molar-refractivity contribution in [3.63, 3.8) is 0 Å². The highest BCUT2D eigenvalue weighted by atomic mass is 19.1. The highest BCUT2D eigenvalue weighted by molar-refractivity contribution is 4.91. The van der Waals surface area contributed by atoms with Gasteiger partial charge in [-0.25, -0.2) is 4.39 Å². The molecule has 0 aliphatic carbocycles. The number of hydrogen-bond donors (Lipinski definition) is 2. The van der Waals surface area contributed by atoms with Gasteiger partial charge in [0.1, 0.15) is 12.3 Å². The average Bonchev–Trinajstić information content (AvgIpc) is 1.95. The molecule has 10 heavy (non-hydrogen) atoms. The van der Waals surface area contributed by atoms with E-state index in [0.717, 1.165) is 0 Å². The lowest BCUT2D eigenvalue weighted by Gasteiger charge is -2.27. The van der Waals surface area contributed by atoms with E-state index in [9.17, 15) is 4.39 Å². The van der Waals surface area contributed by atoms with Crippen LogP contribution in [0.3, 0.4) is 0 Å². The van der Waals surface area contributed by atoms with Crippen LogP contribution in [0.2, 0.25) is 0 Å². The molecule has 59 valence electrons. The molecule has 1 heterocycles. The van der Waals surface area contributed by atoms with E-state index < -0.39 is 12.2 Å². The highest BCUT2D eigenvalue weighted by Gasteiger charge is 2.28. The molecule has 1 aliphatic heterocycles. The maximum absolute atomic E-state index is 12.5. The van der Waals surface area contributed by atoms with Gasteiger partial charge in [-0.1, -0.05) is 0 Å². The van der Waals surface area contributed by atoms with E-state index in [1.165, 1.54) is 0 Å². The highest BCUT2D eigenvalue weighted by Crippen LogP contribution is 2.19. The van der Waals surface area contributed by atoms with Gasteiger partial charge in [-0.2, -0.15) is 0 Å². The van der Waals surface area contributed by atoms with Crippen LogP contribution in [0.1, 0.15) is 6.42 Å². The van der Waals surface area contributed by atoms with Crippen LogP contribution < -0.4 is 5.73 Å². The fourth-order valence-electron chi connectivity index (χ4n) is 0.881. The number of nitrogens with two attached hydrogens (primary N) is 1. The van der Waals surface area contributed by atoms with Gasteiger partial charge in [0.2, 0.25) is 0 Å². The zero-order valence-electron chi connectivity index (χ0n) is 5.59. The molecule has 0 aromatic carbocycles. The normalized spacial score (nSPS) is 36.3. The molecule has 4 heteroatoms. The largest absolute Gasteiger partial charge is 0.393 e. The van der Waals surface area contributed by atoms with Crippen molar-refractivity contribution in [1.29, 1.82) is 0 Å². The van der Waals surface area contributed by atoms with Crippen LogP contribution in [0.15, 0.2) is 0 Å². The van der Waals surface area contributed by atoms with Gasteiger partial charge in [0.15, 0.2) is 0 Å². The maximum Gasteiger partial charge on any atom is 0.138 e. The SMILES string of the molecule is NC1C[C](CO)OCC1F. The fourth-order valence-corrected chi connectivity index (χ4v) is 0.881. The first-order chi connectivity index (χ1) is 4.74. The van der Waals surface area contributed by atoms with Gasteiger partial charge in [-0.15, -0.1) is 0 Å². The second kappa shape index (κ2) is 3.27. The van der Waals surface area contributed by atoms with Crippen LogP contribution in [0.5, 0.6) is 0 Å². The molecule has 1 aliphatic rings. The summed E-state index contributed by atoms with van der Waals surface area (Å²) in [5.74, 6) is 0. The number of aliphatic hydroxyl groups excluding tert-OH is 1. The van der Waals surface area contributed by atoms with E-state index in [0.29, 0.717) is 12.5 Å². The van der Waals surface area contributed by atoms with E-state index >= 15 is 0 Å². The Balaban J connectivity index is 2.33. The Kier molecular flexibility index (Phi) is 2.59. The summed E-state index contributed by atoms with van der Waals surface area (Å²) in [5.41, 5.74) is 5.36. The number of rotatable bonds is 1. The van der Waals surface area contributed by atoms with Crippen molar-refractivity contribution in [2.24, 2.45) is 5.73 Å². The molecule has 2 atom stereocenters. The summed E-state index contributed by atoms with van der Waals surface area (Å²) in [5, 5.41) is 8.56. The minimum Gasteiger partial charge on any atom is -0.393 e. The van der Waals surface area contributed by atoms with Gasteiger partial charge in [0, 0.05) is 6.04 Å². The Hall–Kier alpha value is -0.190. The van der Waals surface area contributed by atoms with E-state index in [1.807, 2.05) is 0 Å². The molecule has 1 fully saturated rings. The van der Waals surface area contributed by atoms with Gasteiger partial charge < -0.3 is 15.6 Å². The fraction of sp³-hybridized carbons (Fsp3) is 0.833. The molecule has 3 N–H and O–H groups in total. The zero-order chi connectivity index (χ0) is 7.56. The Morgan fingerprint density at radius 3 is 3.00 bits per heavy atom. The first-order valence-electron chi connectivity index (χ1n) is 3.22. The van der Waals surface area contributed by atoms with Gasteiger partial charge in [-0.3, -0.25) is 0 Å².